The molecule has 29 heavy (non-hydrogen) atoms. The lowest BCUT2D eigenvalue weighted by molar-refractivity contribution is 0.0587. The number of ketones is 1. The average molecular weight is 394 g/mol. The molecular formula is C22H18O7. The summed E-state index contributed by atoms with van der Waals surface area (Å²) in [5.41, 5.74) is 1.49. The number of hydrogen-bond donors (Lipinski definition) is 0. The van der Waals surface area contributed by atoms with E-state index in [1.165, 1.54) is 64.7 Å². The van der Waals surface area contributed by atoms with Gasteiger partial charge in [0.05, 0.1) is 38.0 Å². The van der Waals surface area contributed by atoms with Gasteiger partial charge in [0, 0.05) is 16.7 Å². The second-order valence-electron chi connectivity index (χ2n) is 5.88. The van der Waals surface area contributed by atoms with Gasteiger partial charge in [0.2, 0.25) is 0 Å². The van der Waals surface area contributed by atoms with Crippen LogP contribution in [0.1, 0.15) is 59.5 Å². The highest BCUT2D eigenvalue weighted by Crippen LogP contribution is 2.14. The predicted octanol–water partition coefficient (Wildman–Crippen LogP) is 2.65. The van der Waals surface area contributed by atoms with Crippen LogP contribution in [0.4, 0.5) is 0 Å². The van der Waals surface area contributed by atoms with Crippen molar-refractivity contribution in [3.05, 3.63) is 69.8 Å². The van der Waals surface area contributed by atoms with E-state index in [1.54, 1.807) is 0 Å². The van der Waals surface area contributed by atoms with E-state index in [1.807, 2.05) is 0 Å². The monoisotopic (exact) mass is 394 g/mol. The van der Waals surface area contributed by atoms with Crippen LogP contribution in [0.3, 0.4) is 0 Å². The minimum atomic E-state index is -0.634. The molecule has 2 aromatic carbocycles. The number of Topliss-reactive ketones (excluding diaryl/α,β-unsaturated/α-hetero) is 1. The molecule has 0 aromatic heterocycles. The van der Waals surface area contributed by atoms with Crippen molar-refractivity contribution in [3.63, 3.8) is 0 Å². The highest BCUT2D eigenvalue weighted by atomic mass is 16.5. The lowest BCUT2D eigenvalue weighted by Crippen LogP contribution is -2.07. The fourth-order valence-corrected chi connectivity index (χ4v) is 2.45. The molecule has 0 unspecified atom stereocenters. The molecule has 0 N–H and O–H groups in total. The molecule has 0 atom stereocenters. The Balaban J connectivity index is 2.56. The molecule has 0 fully saturated rings. The second kappa shape index (κ2) is 9.33. The van der Waals surface area contributed by atoms with Crippen LogP contribution in [0.15, 0.2) is 36.4 Å². The van der Waals surface area contributed by atoms with Gasteiger partial charge in [-0.25, -0.2) is 14.4 Å². The first-order valence-electron chi connectivity index (χ1n) is 8.37. The highest BCUT2D eigenvalue weighted by Gasteiger charge is 2.14. The van der Waals surface area contributed by atoms with Crippen LogP contribution in [0, 0.1) is 11.8 Å². The van der Waals surface area contributed by atoms with Crippen molar-refractivity contribution in [1.29, 1.82) is 0 Å². The first-order valence-corrected chi connectivity index (χ1v) is 8.37. The third-order valence-corrected chi connectivity index (χ3v) is 3.89. The number of benzene rings is 2. The number of methoxy groups -OCH3 is 3. The molecular weight excluding hydrogens is 376 g/mol. The molecule has 0 saturated carbocycles. The minimum absolute atomic E-state index is 0.132. The number of esters is 3. The lowest BCUT2D eigenvalue weighted by atomic mass is 10.0. The van der Waals surface area contributed by atoms with Crippen LogP contribution in [0.25, 0.3) is 0 Å². The maximum Gasteiger partial charge on any atom is 0.337 e. The molecule has 7 heteroatoms. The zero-order chi connectivity index (χ0) is 21.6. The van der Waals surface area contributed by atoms with Gasteiger partial charge in [0.1, 0.15) is 0 Å². The summed E-state index contributed by atoms with van der Waals surface area (Å²) in [6.07, 6.45) is 0. The Bertz CT molecular complexity index is 1020. The number of carbonyl (C=O) groups excluding carboxylic acids is 4. The van der Waals surface area contributed by atoms with E-state index in [9.17, 15) is 19.2 Å². The molecule has 0 heterocycles. The summed E-state index contributed by atoms with van der Waals surface area (Å²) < 4.78 is 14.1. The van der Waals surface area contributed by atoms with Gasteiger partial charge in [-0.05, 0) is 43.3 Å². The molecule has 0 aliphatic carbocycles. The first-order chi connectivity index (χ1) is 13.8. The van der Waals surface area contributed by atoms with Crippen molar-refractivity contribution in [2.45, 2.75) is 6.92 Å². The summed E-state index contributed by atoms with van der Waals surface area (Å²) >= 11 is 0. The Morgan fingerprint density at radius 2 is 0.897 bits per heavy atom. The van der Waals surface area contributed by atoms with Crippen LogP contribution >= 0.6 is 0 Å². The molecule has 2 rings (SSSR count). The van der Waals surface area contributed by atoms with Gasteiger partial charge in [-0.2, -0.15) is 0 Å². The Kier molecular flexibility index (Phi) is 6.88. The molecule has 0 amide bonds. The van der Waals surface area contributed by atoms with E-state index in [2.05, 4.69) is 11.8 Å². The smallest absolute Gasteiger partial charge is 0.337 e. The van der Waals surface area contributed by atoms with Crippen molar-refractivity contribution in [3.8, 4) is 11.8 Å². The largest absolute Gasteiger partial charge is 0.465 e. The third kappa shape index (κ3) is 5.30. The minimum Gasteiger partial charge on any atom is -0.465 e. The summed E-state index contributed by atoms with van der Waals surface area (Å²) in [5.74, 6) is 3.55. The molecule has 2 aromatic rings. The number of rotatable bonds is 4. The lowest BCUT2D eigenvalue weighted by Gasteiger charge is -2.05. The average Bonchev–Trinajstić information content (AvgIpc) is 2.75. The van der Waals surface area contributed by atoms with Crippen molar-refractivity contribution in [2.24, 2.45) is 0 Å². The Morgan fingerprint density at radius 1 is 0.586 bits per heavy atom. The molecule has 0 spiro atoms. The zero-order valence-electron chi connectivity index (χ0n) is 16.3. The predicted molar refractivity (Wildman–Crippen MR) is 103 cm³/mol. The van der Waals surface area contributed by atoms with Gasteiger partial charge in [-0.15, -0.1) is 0 Å². The molecule has 7 nitrogen and oxygen atoms in total. The van der Waals surface area contributed by atoms with Crippen molar-refractivity contribution in [2.75, 3.05) is 21.3 Å². The summed E-state index contributed by atoms with van der Waals surface area (Å²) in [6.45, 7) is 1.37. The second-order valence-corrected chi connectivity index (χ2v) is 5.88. The van der Waals surface area contributed by atoms with Gasteiger partial charge in [-0.1, -0.05) is 11.8 Å². The number of hydrogen-bond acceptors (Lipinski definition) is 7. The van der Waals surface area contributed by atoms with Gasteiger partial charge in [0.25, 0.3) is 0 Å². The van der Waals surface area contributed by atoms with E-state index in [4.69, 9.17) is 14.2 Å². The summed E-state index contributed by atoms with van der Waals surface area (Å²) in [4.78, 5) is 47.3. The van der Waals surface area contributed by atoms with Crippen LogP contribution in [-0.2, 0) is 14.2 Å². The summed E-state index contributed by atoms with van der Waals surface area (Å²) in [5, 5.41) is 0. The molecule has 0 aliphatic heterocycles. The van der Waals surface area contributed by atoms with Crippen molar-refractivity contribution in [1.82, 2.24) is 0 Å². The number of carbonyl (C=O) groups is 4. The van der Waals surface area contributed by atoms with E-state index < -0.39 is 17.9 Å². The van der Waals surface area contributed by atoms with E-state index >= 15 is 0 Å². The highest BCUT2D eigenvalue weighted by molar-refractivity contribution is 5.98. The zero-order valence-corrected chi connectivity index (χ0v) is 16.3. The standard InChI is InChI=1S/C22H18O7/c1-13(23)16-7-14(8-17(11-16)20(24)27-2)5-6-15-9-18(21(25)28-3)12-19(10-15)22(26)29-4/h7-12H,1-4H3. The Morgan fingerprint density at radius 3 is 1.21 bits per heavy atom. The normalized spacial score (nSPS) is 9.66. The fraction of sp³-hybridized carbons (Fsp3) is 0.182. The maximum absolute atomic E-state index is 11.9. The molecule has 148 valence electrons. The van der Waals surface area contributed by atoms with Crippen molar-refractivity contribution >= 4 is 23.7 Å². The van der Waals surface area contributed by atoms with Gasteiger partial charge >= 0.3 is 17.9 Å². The summed E-state index contributed by atoms with van der Waals surface area (Å²) in [7, 11) is 3.68. The quantitative estimate of drug-likeness (QED) is 0.340. The molecule has 0 aliphatic rings. The van der Waals surface area contributed by atoms with Crippen LogP contribution in [0.2, 0.25) is 0 Å². The summed E-state index contributed by atoms with van der Waals surface area (Å²) in [6, 6.07) is 8.70. The van der Waals surface area contributed by atoms with Crippen LogP contribution < -0.4 is 0 Å². The Hall–Kier alpha value is -3.92. The van der Waals surface area contributed by atoms with E-state index in [-0.39, 0.29) is 22.5 Å². The van der Waals surface area contributed by atoms with Crippen LogP contribution in [0.5, 0.6) is 0 Å². The molecule has 0 bridgehead atoms. The van der Waals surface area contributed by atoms with Crippen molar-refractivity contribution < 1.29 is 33.4 Å². The van der Waals surface area contributed by atoms with Gasteiger partial charge in [-0.3, -0.25) is 4.79 Å². The van der Waals surface area contributed by atoms with E-state index in [0.29, 0.717) is 16.7 Å². The first kappa shape index (κ1) is 21.4. The molecule has 0 saturated heterocycles. The van der Waals surface area contributed by atoms with Crippen LogP contribution in [-0.4, -0.2) is 45.0 Å². The van der Waals surface area contributed by atoms with Gasteiger partial charge < -0.3 is 14.2 Å². The Labute approximate surface area is 167 Å². The van der Waals surface area contributed by atoms with Gasteiger partial charge in [0.15, 0.2) is 5.78 Å². The maximum atomic E-state index is 11.9. The SMILES string of the molecule is COC(=O)c1cc(C#Cc2cc(C(=O)OC)cc(C(=O)OC)c2)cc(C(C)=O)c1. The molecule has 0 radical (unpaired) electrons. The third-order valence-electron chi connectivity index (χ3n) is 3.89. The fourth-order valence-electron chi connectivity index (χ4n) is 2.45. The topological polar surface area (TPSA) is 96.0 Å². The van der Waals surface area contributed by atoms with E-state index in [0.717, 1.165) is 0 Å². The number of ether oxygens (including phenoxy) is 3.